The molecule has 0 aliphatic carbocycles. The maximum absolute atomic E-state index is 2.52. The summed E-state index contributed by atoms with van der Waals surface area (Å²) in [6.07, 6.45) is 4.55. The van der Waals surface area contributed by atoms with Gasteiger partial charge in [-0.2, -0.15) is 0 Å². The molecule has 0 saturated carbocycles. The van der Waals surface area contributed by atoms with Crippen molar-refractivity contribution in [2.75, 3.05) is 20.1 Å². The van der Waals surface area contributed by atoms with Crippen LogP contribution in [-0.2, 0) is 6.54 Å². The first-order chi connectivity index (χ1) is 10.8. The number of benzene rings is 2. The molecule has 0 bridgehead atoms. The summed E-state index contributed by atoms with van der Waals surface area (Å²) < 4.78 is 0. The lowest BCUT2D eigenvalue weighted by molar-refractivity contribution is 0.0535. The normalized spacial score (nSPS) is 19.6. The summed E-state index contributed by atoms with van der Waals surface area (Å²) in [5.74, 6) is 0.710. The first-order valence-corrected chi connectivity index (χ1v) is 8.06. The third kappa shape index (κ3) is 2.44. The molecule has 112 valence electrons. The van der Waals surface area contributed by atoms with Gasteiger partial charge < -0.3 is 9.80 Å². The van der Waals surface area contributed by atoms with Crippen molar-refractivity contribution in [3.8, 4) is 0 Å². The molecule has 0 radical (unpaired) electrons. The second-order valence-electron chi connectivity index (χ2n) is 6.52. The SMILES string of the molecule is CN1CC(C(c2ccccc2)N2C=Cc3ccccc3C2)C1. The number of fused-ring (bicyclic) bond motifs is 1. The maximum Gasteiger partial charge on any atom is 0.0593 e. The van der Waals surface area contributed by atoms with Crippen LogP contribution in [0, 0.1) is 5.92 Å². The predicted molar refractivity (Wildman–Crippen MR) is 91.2 cm³/mol. The molecule has 2 aliphatic heterocycles. The summed E-state index contributed by atoms with van der Waals surface area (Å²) in [6.45, 7) is 3.38. The van der Waals surface area contributed by atoms with E-state index in [1.807, 2.05) is 0 Å². The molecule has 4 rings (SSSR count). The van der Waals surface area contributed by atoms with Gasteiger partial charge in [-0.15, -0.1) is 0 Å². The van der Waals surface area contributed by atoms with Gasteiger partial charge in [0.25, 0.3) is 0 Å². The van der Waals surface area contributed by atoms with Crippen LogP contribution in [0.25, 0.3) is 6.08 Å². The van der Waals surface area contributed by atoms with Crippen LogP contribution in [0.5, 0.6) is 0 Å². The number of rotatable bonds is 3. The first-order valence-electron chi connectivity index (χ1n) is 8.06. The van der Waals surface area contributed by atoms with Crippen LogP contribution in [-0.4, -0.2) is 29.9 Å². The molecular formula is C20H22N2. The van der Waals surface area contributed by atoms with Crippen LogP contribution in [0.15, 0.2) is 60.8 Å². The fourth-order valence-corrected chi connectivity index (χ4v) is 3.79. The highest BCUT2D eigenvalue weighted by atomic mass is 15.2. The number of nitrogens with zero attached hydrogens (tertiary/aromatic N) is 2. The lowest BCUT2D eigenvalue weighted by Crippen LogP contribution is -2.50. The van der Waals surface area contributed by atoms with E-state index in [2.05, 4.69) is 83.7 Å². The van der Waals surface area contributed by atoms with Crippen LogP contribution in [0.4, 0.5) is 0 Å². The van der Waals surface area contributed by atoms with Gasteiger partial charge in [0.15, 0.2) is 0 Å². The zero-order valence-electron chi connectivity index (χ0n) is 13.0. The molecule has 0 amide bonds. The Hall–Kier alpha value is -2.06. The van der Waals surface area contributed by atoms with E-state index in [0.29, 0.717) is 12.0 Å². The summed E-state index contributed by atoms with van der Waals surface area (Å²) in [7, 11) is 2.21. The summed E-state index contributed by atoms with van der Waals surface area (Å²) >= 11 is 0. The van der Waals surface area contributed by atoms with Crippen LogP contribution >= 0.6 is 0 Å². The van der Waals surface area contributed by atoms with Crippen molar-refractivity contribution in [1.29, 1.82) is 0 Å². The Kier molecular flexibility index (Phi) is 3.47. The van der Waals surface area contributed by atoms with Crippen molar-refractivity contribution >= 4 is 6.08 Å². The molecule has 2 aromatic rings. The highest BCUT2D eigenvalue weighted by molar-refractivity contribution is 5.55. The lowest BCUT2D eigenvalue weighted by Gasteiger charge is -2.46. The van der Waals surface area contributed by atoms with Gasteiger partial charge in [0, 0.05) is 31.8 Å². The predicted octanol–water partition coefficient (Wildman–Crippen LogP) is 3.78. The van der Waals surface area contributed by atoms with E-state index >= 15 is 0 Å². The van der Waals surface area contributed by atoms with E-state index in [0.717, 1.165) is 6.54 Å². The molecule has 1 atom stereocenters. The minimum Gasteiger partial charge on any atom is -0.366 e. The Labute approximate surface area is 132 Å². The Morgan fingerprint density at radius 3 is 2.45 bits per heavy atom. The van der Waals surface area contributed by atoms with E-state index in [9.17, 15) is 0 Å². The van der Waals surface area contributed by atoms with Gasteiger partial charge in [0.1, 0.15) is 0 Å². The van der Waals surface area contributed by atoms with Gasteiger partial charge in [-0.05, 0) is 29.8 Å². The van der Waals surface area contributed by atoms with Crippen LogP contribution < -0.4 is 0 Å². The molecule has 1 unspecified atom stereocenters. The molecule has 2 aliphatic rings. The second kappa shape index (κ2) is 5.62. The van der Waals surface area contributed by atoms with Gasteiger partial charge in [-0.3, -0.25) is 0 Å². The van der Waals surface area contributed by atoms with Crippen LogP contribution in [0.1, 0.15) is 22.7 Å². The number of hydrogen-bond donors (Lipinski definition) is 0. The minimum absolute atomic E-state index is 0.474. The van der Waals surface area contributed by atoms with E-state index < -0.39 is 0 Å². The summed E-state index contributed by atoms with van der Waals surface area (Å²) in [4.78, 5) is 4.93. The molecule has 2 heteroatoms. The Bertz CT molecular complexity index is 671. The van der Waals surface area contributed by atoms with Crippen molar-refractivity contribution in [1.82, 2.24) is 9.80 Å². The lowest BCUT2D eigenvalue weighted by atomic mass is 9.85. The number of hydrogen-bond acceptors (Lipinski definition) is 2. The Balaban J connectivity index is 1.65. The minimum atomic E-state index is 0.474. The molecule has 2 heterocycles. The molecule has 1 saturated heterocycles. The van der Waals surface area contributed by atoms with Gasteiger partial charge in [-0.1, -0.05) is 54.6 Å². The number of likely N-dealkylation sites (tertiary alicyclic amines) is 1. The summed E-state index contributed by atoms with van der Waals surface area (Å²) in [6, 6.07) is 20.2. The fraction of sp³-hybridized carbons (Fsp3) is 0.300. The van der Waals surface area contributed by atoms with Crippen molar-refractivity contribution < 1.29 is 0 Å². The summed E-state index contributed by atoms with van der Waals surface area (Å²) in [5.41, 5.74) is 4.22. The highest BCUT2D eigenvalue weighted by Crippen LogP contribution is 2.37. The zero-order chi connectivity index (χ0) is 14.9. The quantitative estimate of drug-likeness (QED) is 0.849. The maximum atomic E-state index is 2.52. The molecule has 1 fully saturated rings. The second-order valence-corrected chi connectivity index (χ2v) is 6.52. The van der Waals surface area contributed by atoms with Crippen molar-refractivity contribution in [2.45, 2.75) is 12.6 Å². The van der Waals surface area contributed by atoms with Crippen molar-refractivity contribution in [3.63, 3.8) is 0 Å². The third-order valence-electron chi connectivity index (χ3n) is 4.89. The van der Waals surface area contributed by atoms with Crippen LogP contribution in [0.2, 0.25) is 0 Å². The Morgan fingerprint density at radius 1 is 0.955 bits per heavy atom. The average molecular weight is 290 g/mol. The van der Waals surface area contributed by atoms with E-state index in [1.54, 1.807) is 0 Å². The van der Waals surface area contributed by atoms with Gasteiger partial charge in [0.2, 0.25) is 0 Å². The largest absolute Gasteiger partial charge is 0.366 e. The topological polar surface area (TPSA) is 6.48 Å². The van der Waals surface area contributed by atoms with Crippen molar-refractivity contribution in [3.05, 3.63) is 77.5 Å². The smallest absolute Gasteiger partial charge is 0.0593 e. The molecule has 0 aromatic heterocycles. The molecular weight excluding hydrogens is 268 g/mol. The van der Waals surface area contributed by atoms with E-state index in [-0.39, 0.29) is 0 Å². The van der Waals surface area contributed by atoms with Crippen molar-refractivity contribution in [2.24, 2.45) is 5.92 Å². The fourth-order valence-electron chi connectivity index (χ4n) is 3.79. The van der Waals surface area contributed by atoms with E-state index in [1.165, 1.54) is 29.8 Å². The Morgan fingerprint density at radius 2 is 1.68 bits per heavy atom. The highest BCUT2D eigenvalue weighted by Gasteiger charge is 2.35. The molecule has 22 heavy (non-hydrogen) atoms. The summed E-state index contributed by atoms with van der Waals surface area (Å²) in [5, 5.41) is 0. The van der Waals surface area contributed by atoms with Gasteiger partial charge in [0.05, 0.1) is 6.04 Å². The third-order valence-corrected chi connectivity index (χ3v) is 4.89. The monoisotopic (exact) mass is 290 g/mol. The van der Waals surface area contributed by atoms with Gasteiger partial charge in [-0.25, -0.2) is 0 Å². The zero-order valence-corrected chi connectivity index (χ0v) is 13.0. The van der Waals surface area contributed by atoms with Crippen LogP contribution in [0.3, 0.4) is 0 Å². The first kappa shape index (κ1) is 13.6. The molecule has 2 nitrogen and oxygen atoms in total. The van der Waals surface area contributed by atoms with E-state index in [4.69, 9.17) is 0 Å². The average Bonchev–Trinajstić information content (AvgIpc) is 2.54. The molecule has 0 N–H and O–H groups in total. The van der Waals surface area contributed by atoms with Gasteiger partial charge >= 0.3 is 0 Å². The molecule has 0 spiro atoms. The molecule has 2 aromatic carbocycles. The standard InChI is InChI=1S/C20H22N2/c1-21-13-19(14-21)20(17-8-3-2-4-9-17)22-12-11-16-7-5-6-10-18(16)15-22/h2-12,19-20H,13-15H2,1H3.